The molecule has 3 aromatic rings. The van der Waals surface area contributed by atoms with Gasteiger partial charge in [-0.2, -0.15) is 0 Å². The average Bonchev–Trinajstić information content (AvgIpc) is 3.14. The first-order valence-electron chi connectivity index (χ1n) is 10.3. The Labute approximate surface area is 170 Å². The lowest BCUT2D eigenvalue weighted by Gasteiger charge is -2.10. The number of hydrogen-bond donors (Lipinski definition) is 4. The van der Waals surface area contributed by atoms with Crippen molar-refractivity contribution in [1.29, 1.82) is 0 Å². The highest BCUT2D eigenvalue weighted by Gasteiger charge is 2.15. The Kier molecular flexibility index (Phi) is 6.08. The van der Waals surface area contributed by atoms with Gasteiger partial charge in [0.25, 0.3) is 5.91 Å². The maximum absolute atomic E-state index is 11.0. The van der Waals surface area contributed by atoms with E-state index in [0.29, 0.717) is 0 Å². The zero-order valence-corrected chi connectivity index (χ0v) is 16.5. The Morgan fingerprint density at radius 1 is 1.07 bits per heavy atom. The molecule has 1 aromatic heterocycles. The van der Waals surface area contributed by atoms with Gasteiger partial charge >= 0.3 is 0 Å². The molecule has 0 unspecified atom stereocenters. The summed E-state index contributed by atoms with van der Waals surface area (Å²) in [6.07, 6.45) is 8.95. The second-order valence-corrected chi connectivity index (χ2v) is 7.65. The van der Waals surface area contributed by atoms with E-state index in [1.165, 1.54) is 65.0 Å². The summed E-state index contributed by atoms with van der Waals surface area (Å²) in [7, 11) is 0. The van der Waals surface area contributed by atoms with Crippen molar-refractivity contribution in [2.24, 2.45) is 0 Å². The molecule has 29 heavy (non-hydrogen) atoms. The molecule has 0 atom stereocenters. The molecule has 4 rings (SSSR count). The van der Waals surface area contributed by atoms with Crippen LogP contribution < -0.4 is 10.8 Å². The van der Waals surface area contributed by atoms with Gasteiger partial charge in [0.15, 0.2) is 0 Å². The van der Waals surface area contributed by atoms with E-state index in [-0.39, 0.29) is 0 Å². The summed E-state index contributed by atoms with van der Waals surface area (Å²) in [5, 5.41) is 13.4. The van der Waals surface area contributed by atoms with Crippen molar-refractivity contribution < 1.29 is 10.0 Å². The molecule has 0 spiro atoms. The van der Waals surface area contributed by atoms with E-state index >= 15 is 0 Å². The third kappa shape index (κ3) is 4.75. The Hall–Kier alpha value is -2.89. The lowest BCUT2D eigenvalue weighted by molar-refractivity contribution is -0.124. The molecule has 0 bridgehead atoms. The molecule has 1 aliphatic rings. The number of nitrogens with one attached hydrogen (secondary N) is 3. The van der Waals surface area contributed by atoms with Gasteiger partial charge in [-0.3, -0.25) is 10.0 Å². The number of rotatable bonds is 7. The third-order valence-electron chi connectivity index (χ3n) is 5.60. The number of hydroxylamine groups is 1. The minimum atomic E-state index is -0.533. The molecule has 0 radical (unpaired) electrons. The largest absolute Gasteiger partial charge is 0.358 e. The zero-order valence-electron chi connectivity index (χ0n) is 16.5. The number of fused-ring (bicyclic) bond motifs is 3. The Morgan fingerprint density at radius 2 is 1.86 bits per heavy atom. The van der Waals surface area contributed by atoms with Gasteiger partial charge in [-0.15, -0.1) is 0 Å². The van der Waals surface area contributed by atoms with Crippen molar-refractivity contribution in [3.63, 3.8) is 0 Å². The van der Waals surface area contributed by atoms with Gasteiger partial charge in [-0.1, -0.05) is 30.3 Å². The molecule has 0 fully saturated rings. The van der Waals surface area contributed by atoms with Crippen molar-refractivity contribution in [3.8, 4) is 0 Å². The van der Waals surface area contributed by atoms with Crippen LogP contribution in [0.3, 0.4) is 0 Å². The number of aryl methyl sites for hydroxylation is 2. The van der Waals surface area contributed by atoms with E-state index in [2.05, 4.69) is 28.5 Å². The molecule has 2 aromatic carbocycles. The predicted octanol–water partition coefficient (Wildman–Crippen LogP) is 3.90. The summed E-state index contributed by atoms with van der Waals surface area (Å²) in [5.41, 5.74) is 9.32. The summed E-state index contributed by atoms with van der Waals surface area (Å²) in [5.74, 6) is -0.533. The van der Waals surface area contributed by atoms with Crippen molar-refractivity contribution in [2.45, 2.75) is 38.6 Å². The van der Waals surface area contributed by atoms with E-state index in [0.717, 1.165) is 25.1 Å². The standard InChI is InChI=1S/C24H27N3O2/c28-24(27-29)12-10-17-5-7-19(8-6-17)16-25-14-13-18-9-11-23-21(15-18)20-3-1-2-4-22(20)26-23/h5-12,15,25-26,29H,1-4,13-14,16H2,(H,27,28)/b12-10+. The molecule has 0 saturated carbocycles. The minimum Gasteiger partial charge on any atom is -0.358 e. The molecule has 0 saturated heterocycles. The number of aromatic amines is 1. The maximum Gasteiger partial charge on any atom is 0.267 e. The number of carbonyl (C=O) groups is 1. The Balaban J connectivity index is 1.29. The van der Waals surface area contributed by atoms with Crippen LogP contribution in [0.1, 0.15) is 40.8 Å². The van der Waals surface area contributed by atoms with E-state index in [4.69, 9.17) is 5.21 Å². The average molecular weight is 389 g/mol. The molecule has 4 N–H and O–H groups in total. The molecular formula is C24H27N3O2. The van der Waals surface area contributed by atoms with Crippen LogP contribution >= 0.6 is 0 Å². The molecule has 5 nitrogen and oxygen atoms in total. The molecular weight excluding hydrogens is 362 g/mol. The lowest BCUT2D eigenvalue weighted by atomic mass is 9.95. The van der Waals surface area contributed by atoms with Crippen molar-refractivity contribution in [3.05, 3.63) is 76.5 Å². The van der Waals surface area contributed by atoms with Gasteiger partial charge in [-0.25, -0.2) is 5.48 Å². The van der Waals surface area contributed by atoms with Crippen LogP contribution in [0.2, 0.25) is 0 Å². The fourth-order valence-corrected chi connectivity index (χ4v) is 4.03. The van der Waals surface area contributed by atoms with Crippen LogP contribution in [0.15, 0.2) is 48.5 Å². The minimum absolute atomic E-state index is 0.533. The number of hydrogen-bond acceptors (Lipinski definition) is 3. The highest BCUT2D eigenvalue weighted by atomic mass is 16.5. The van der Waals surface area contributed by atoms with Crippen LogP contribution in [0.4, 0.5) is 0 Å². The predicted molar refractivity (Wildman–Crippen MR) is 116 cm³/mol. The highest BCUT2D eigenvalue weighted by molar-refractivity contribution is 5.90. The second kappa shape index (κ2) is 9.07. The van der Waals surface area contributed by atoms with E-state index < -0.39 is 5.91 Å². The third-order valence-corrected chi connectivity index (χ3v) is 5.60. The van der Waals surface area contributed by atoms with Crippen molar-refractivity contribution >= 4 is 22.9 Å². The quantitative estimate of drug-likeness (QED) is 0.214. The van der Waals surface area contributed by atoms with E-state index in [1.807, 2.05) is 24.3 Å². The number of carbonyl (C=O) groups excluding carboxylic acids is 1. The topological polar surface area (TPSA) is 77.2 Å². The smallest absolute Gasteiger partial charge is 0.267 e. The van der Waals surface area contributed by atoms with Crippen LogP contribution in [-0.2, 0) is 30.6 Å². The molecule has 150 valence electrons. The van der Waals surface area contributed by atoms with Gasteiger partial charge in [-0.05, 0) is 79.1 Å². The second-order valence-electron chi connectivity index (χ2n) is 7.65. The molecule has 1 heterocycles. The normalized spacial score (nSPS) is 13.7. The molecule has 0 aliphatic heterocycles. The highest BCUT2D eigenvalue weighted by Crippen LogP contribution is 2.29. The van der Waals surface area contributed by atoms with Gasteiger partial charge in [0, 0.05) is 29.2 Å². The Bertz CT molecular complexity index is 1020. The number of benzene rings is 2. The van der Waals surface area contributed by atoms with Crippen molar-refractivity contribution in [1.82, 2.24) is 15.8 Å². The van der Waals surface area contributed by atoms with Crippen LogP contribution in [0.25, 0.3) is 17.0 Å². The van der Waals surface area contributed by atoms with Gasteiger partial charge in [0.2, 0.25) is 0 Å². The summed E-state index contributed by atoms with van der Waals surface area (Å²) < 4.78 is 0. The first kappa shape index (κ1) is 19.4. The van der Waals surface area contributed by atoms with E-state index in [1.54, 1.807) is 11.6 Å². The SMILES string of the molecule is O=C(/C=C/c1ccc(CNCCc2ccc3[nH]c4c(c3c2)CCCC4)cc1)NO. The Morgan fingerprint density at radius 3 is 2.69 bits per heavy atom. The molecule has 1 amide bonds. The summed E-state index contributed by atoms with van der Waals surface area (Å²) in [4.78, 5) is 14.6. The summed E-state index contributed by atoms with van der Waals surface area (Å²) in [6.45, 7) is 1.74. The van der Waals surface area contributed by atoms with E-state index in [9.17, 15) is 4.79 Å². The van der Waals surface area contributed by atoms with Crippen molar-refractivity contribution in [2.75, 3.05) is 6.54 Å². The zero-order chi connectivity index (χ0) is 20.1. The van der Waals surface area contributed by atoms with Gasteiger partial charge in [0.1, 0.15) is 0 Å². The lowest BCUT2D eigenvalue weighted by Crippen LogP contribution is -2.16. The first-order valence-corrected chi connectivity index (χ1v) is 10.3. The first-order chi connectivity index (χ1) is 14.2. The molecule has 5 heteroatoms. The number of aromatic nitrogens is 1. The molecule has 1 aliphatic carbocycles. The number of H-pyrrole nitrogens is 1. The summed E-state index contributed by atoms with van der Waals surface area (Å²) in [6, 6.07) is 14.8. The summed E-state index contributed by atoms with van der Waals surface area (Å²) >= 11 is 0. The monoisotopic (exact) mass is 389 g/mol. The van der Waals surface area contributed by atoms with Crippen LogP contribution in [0.5, 0.6) is 0 Å². The van der Waals surface area contributed by atoms with Crippen LogP contribution in [-0.4, -0.2) is 22.6 Å². The fourth-order valence-electron chi connectivity index (χ4n) is 4.03. The van der Waals surface area contributed by atoms with Gasteiger partial charge in [0.05, 0.1) is 0 Å². The fraction of sp³-hybridized carbons (Fsp3) is 0.292. The van der Waals surface area contributed by atoms with Crippen LogP contribution in [0, 0.1) is 0 Å². The number of amides is 1. The van der Waals surface area contributed by atoms with Gasteiger partial charge < -0.3 is 10.3 Å². The maximum atomic E-state index is 11.0.